The van der Waals surface area contributed by atoms with Gasteiger partial charge in [-0.15, -0.1) is 22.7 Å². The monoisotopic (exact) mass is 593 g/mol. The van der Waals surface area contributed by atoms with E-state index in [1.165, 1.54) is 46.0 Å². The van der Waals surface area contributed by atoms with Gasteiger partial charge in [0, 0.05) is 42.8 Å². The maximum absolute atomic E-state index is 12.9. The summed E-state index contributed by atoms with van der Waals surface area (Å²) in [7, 11) is 0. The third kappa shape index (κ3) is 6.30. The minimum atomic E-state index is -4.52. The molecule has 0 unspecified atom stereocenters. The van der Waals surface area contributed by atoms with Crippen molar-refractivity contribution in [1.82, 2.24) is 19.9 Å². The van der Waals surface area contributed by atoms with Crippen molar-refractivity contribution in [3.8, 4) is 0 Å². The molecule has 3 amide bonds. The third-order valence-corrected chi connectivity index (χ3v) is 8.05. The number of fused-ring (bicyclic) bond motifs is 1. The molecular weight excluding hydrogens is 571 g/mol. The zero-order valence-electron chi connectivity index (χ0n) is 20.5. The van der Waals surface area contributed by atoms with E-state index in [1.807, 2.05) is 0 Å². The predicted molar refractivity (Wildman–Crippen MR) is 144 cm³/mol. The summed E-state index contributed by atoms with van der Waals surface area (Å²) in [5.41, 5.74) is -0.285. The molecule has 5 N–H and O–H groups in total. The first-order valence-electron chi connectivity index (χ1n) is 11.9. The third-order valence-electron chi connectivity index (χ3n) is 5.95. The van der Waals surface area contributed by atoms with Crippen molar-refractivity contribution < 1.29 is 33.0 Å². The molecule has 210 valence electrons. The van der Waals surface area contributed by atoms with Crippen molar-refractivity contribution in [2.45, 2.75) is 24.8 Å². The van der Waals surface area contributed by atoms with E-state index >= 15 is 0 Å². The molecule has 1 aromatic carbocycles. The first kappa shape index (κ1) is 27.7. The van der Waals surface area contributed by atoms with Gasteiger partial charge in [0.05, 0.1) is 32.9 Å². The molecule has 2 atom stereocenters. The van der Waals surface area contributed by atoms with Gasteiger partial charge in [-0.1, -0.05) is 6.07 Å². The smallest absolute Gasteiger partial charge is 0.388 e. The first-order chi connectivity index (χ1) is 19.1. The highest BCUT2D eigenvalue weighted by Crippen LogP contribution is 2.32. The molecule has 1 saturated heterocycles. The van der Waals surface area contributed by atoms with E-state index in [0.717, 1.165) is 17.0 Å². The Kier molecular flexibility index (Phi) is 7.84. The van der Waals surface area contributed by atoms with Crippen molar-refractivity contribution >= 4 is 61.5 Å². The Labute approximate surface area is 232 Å². The molecule has 11 nitrogen and oxygen atoms in total. The lowest BCUT2D eigenvalue weighted by molar-refractivity contribution is -0.137. The van der Waals surface area contributed by atoms with E-state index in [1.54, 1.807) is 12.3 Å². The van der Waals surface area contributed by atoms with Crippen LogP contribution in [-0.2, 0) is 12.6 Å². The molecule has 3 aromatic heterocycles. The highest BCUT2D eigenvalue weighted by molar-refractivity contribution is 7.21. The molecular formula is C24H22F3N7O4S2. The Bertz CT molecular complexity index is 1530. The molecule has 1 aliphatic heterocycles. The average molecular weight is 594 g/mol. The van der Waals surface area contributed by atoms with Crippen LogP contribution in [0, 0.1) is 0 Å². The Morgan fingerprint density at radius 1 is 1.05 bits per heavy atom. The normalized spacial score (nSPS) is 17.3. The maximum Gasteiger partial charge on any atom is 0.416 e. The van der Waals surface area contributed by atoms with Gasteiger partial charge in [0.1, 0.15) is 12.1 Å². The second kappa shape index (κ2) is 11.3. The number of likely N-dealkylation sites (tertiary alicyclic amines) is 1. The van der Waals surface area contributed by atoms with E-state index in [4.69, 9.17) is 0 Å². The van der Waals surface area contributed by atoms with Crippen molar-refractivity contribution in [2.75, 3.05) is 35.6 Å². The summed E-state index contributed by atoms with van der Waals surface area (Å²) in [5, 5.41) is 27.9. The van der Waals surface area contributed by atoms with Gasteiger partial charge >= 0.3 is 12.2 Å². The quantitative estimate of drug-likeness (QED) is 0.218. The number of rotatable bonds is 7. The lowest BCUT2D eigenvalue weighted by Crippen LogP contribution is -2.29. The zero-order chi connectivity index (χ0) is 28.4. The van der Waals surface area contributed by atoms with E-state index in [2.05, 4.69) is 30.9 Å². The minimum Gasteiger partial charge on any atom is -0.388 e. The molecule has 4 aromatic rings. The van der Waals surface area contributed by atoms with Crippen LogP contribution >= 0.6 is 22.7 Å². The molecule has 0 bridgehead atoms. The highest BCUT2D eigenvalue weighted by atomic mass is 32.1. The summed E-state index contributed by atoms with van der Waals surface area (Å²) < 4.78 is 39.3. The number of anilines is 3. The van der Waals surface area contributed by atoms with Gasteiger partial charge in [-0.25, -0.2) is 19.7 Å². The van der Waals surface area contributed by atoms with Gasteiger partial charge in [0.2, 0.25) is 0 Å². The Morgan fingerprint density at radius 2 is 1.82 bits per heavy atom. The summed E-state index contributed by atoms with van der Waals surface area (Å²) in [6.07, 6.45) is -2.96. The van der Waals surface area contributed by atoms with Crippen LogP contribution in [0.15, 0.2) is 42.9 Å². The number of amides is 3. The van der Waals surface area contributed by atoms with Crippen LogP contribution in [0.1, 0.15) is 20.1 Å². The molecule has 1 aliphatic rings. The fourth-order valence-electron chi connectivity index (χ4n) is 3.99. The Hall–Kier alpha value is -3.86. The van der Waals surface area contributed by atoms with Crippen molar-refractivity contribution in [1.29, 1.82) is 0 Å². The summed E-state index contributed by atoms with van der Waals surface area (Å²) in [6, 6.07) is 5.25. The average Bonchev–Trinajstić information content (AvgIpc) is 3.62. The number of β-amino-alcohol motifs (C(OH)–C–C–N with tert-alkyl or cyclic N) is 2. The lowest BCUT2D eigenvalue weighted by atomic mass is 10.2. The number of aliphatic hydroxyl groups excluding tert-OH is 2. The van der Waals surface area contributed by atoms with Crippen molar-refractivity contribution in [2.24, 2.45) is 0 Å². The molecule has 0 radical (unpaired) electrons. The molecule has 0 spiro atoms. The molecule has 16 heteroatoms. The van der Waals surface area contributed by atoms with E-state index in [9.17, 15) is 33.0 Å². The van der Waals surface area contributed by atoms with Crippen LogP contribution in [-0.4, -0.2) is 73.8 Å². The number of thiophene rings is 1. The summed E-state index contributed by atoms with van der Waals surface area (Å²) in [5.74, 6) is 0.241. The number of hydrogen-bond acceptors (Lipinski definition) is 10. The number of aliphatic hydroxyl groups is 2. The number of alkyl halides is 3. The second-order valence-electron chi connectivity index (χ2n) is 8.86. The predicted octanol–water partition coefficient (Wildman–Crippen LogP) is 3.64. The SMILES string of the molecule is O=C(Nc1cccc(C(F)(F)F)c1)Nc1ncc(CCNc2ncnc3cc(C(=O)N4C[C@H](O)[C@@H](O)C4)sc23)s1. The number of urea groups is 1. The number of carbonyl (C=O) groups excluding carboxylic acids is 2. The number of carbonyl (C=O) groups is 2. The van der Waals surface area contributed by atoms with Crippen LogP contribution in [0.3, 0.4) is 0 Å². The van der Waals surface area contributed by atoms with Gasteiger partial charge < -0.3 is 25.7 Å². The van der Waals surface area contributed by atoms with Gasteiger partial charge in [0.15, 0.2) is 5.13 Å². The van der Waals surface area contributed by atoms with Crippen LogP contribution in [0.5, 0.6) is 0 Å². The number of aromatic nitrogens is 3. The van der Waals surface area contributed by atoms with Crippen LogP contribution in [0.2, 0.25) is 0 Å². The van der Waals surface area contributed by atoms with Crippen molar-refractivity contribution in [3.63, 3.8) is 0 Å². The van der Waals surface area contributed by atoms with Crippen LogP contribution in [0.25, 0.3) is 10.2 Å². The molecule has 5 rings (SSSR count). The Morgan fingerprint density at radius 3 is 2.58 bits per heavy atom. The topological polar surface area (TPSA) is 153 Å². The number of benzene rings is 1. The fourth-order valence-corrected chi connectivity index (χ4v) is 5.85. The first-order valence-corrected chi connectivity index (χ1v) is 13.5. The van der Waals surface area contributed by atoms with Crippen LogP contribution in [0.4, 0.5) is 34.6 Å². The highest BCUT2D eigenvalue weighted by Gasteiger charge is 2.34. The standard InChI is InChI=1S/C24H22F3N7O4S2/c25-24(26,27)12-2-1-3-13(6-12)32-22(38)33-23-29-8-14(39-23)4-5-28-20-19-15(30-11-31-20)7-18(40-19)21(37)34-9-16(35)17(36)10-34/h1-3,6-8,11,16-17,35-36H,4-5,9-10H2,(H,28,30,31)(H2,29,32,33,38)/t16-,17-/m0/s1. The van der Waals surface area contributed by atoms with Gasteiger partial charge in [-0.2, -0.15) is 13.2 Å². The van der Waals surface area contributed by atoms with E-state index < -0.39 is 30.0 Å². The number of thiazole rings is 1. The molecule has 4 heterocycles. The lowest BCUT2D eigenvalue weighted by Gasteiger charge is -2.13. The number of hydrogen-bond donors (Lipinski definition) is 5. The Balaban J connectivity index is 1.15. The zero-order valence-corrected chi connectivity index (χ0v) is 22.1. The molecule has 0 saturated carbocycles. The molecule has 1 fully saturated rings. The number of nitrogens with one attached hydrogen (secondary N) is 3. The molecule has 40 heavy (non-hydrogen) atoms. The fraction of sp³-hybridized carbons (Fsp3) is 0.292. The van der Waals surface area contributed by atoms with Gasteiger partial charge in [-0.05, 0) is 24.3 Å². The molecule has 0 aliphatic carbocycles. The maximum atomic E-state index is 12.9. The number of halogens is 3. The largest absolute Gasteiger partial charge is 0.416 e. The minimum absolute atomic E-state index is 0.00137. The summed E-state index contributed by atoms with van der Waals surface area (Å²) >= 11 is 2.43. The van der Waals surface area contributed by atoms with E-state index in [-0.39, 0.29) is 29.8 Å². The van der Waals surface area contributed by atoms with E-state index in [0.29, 0.717) is 33.9 Å². The van der Waals surface area contributed by atoms with Crippen molar-refractivity contribution in [3.05, 3.63) is 58.2 Å². The second-order valence-corrected chi connectivity index (χ2v) is 11.0. The van der Waals surface area contributed by atoms with Gasteiger partial charge in [0.25, 0.3) is 5.91 Å². The number of nitrogens with zero attached hydrogens (tertiary/aromatic N) is 4. The summed E-state index contributed by atoms with van der Waals surface area (Å²) in [6.45, 7) is 0.573. The summed E-state index contributed by atoms with van der Waals surface area (Å²) in [4.78, 5) is 40.3. The van der Waals surface area contributed by atoms with Gasteiger partial charge in [-0.3, -0.25) is 10.1 Å². The van der Waals surface area contributed by atoms with Crippen LogP contribution < -0.4 is 16.0 Å².